The van der Waals surface area contributed by atoms with Crippen LogP contribution in [-0.2, 0) is 11.2 Å². The first-order chi connectivity index (χ1) is 12.3. The van der Waals surface area contributed by atoms with Crippen molar-refractivity contribution in [1.82, 2.24) is 15.5 Å². The van der Waals surface area contributed by atoms with Gasteiger partial charge in [-0.05, 0) is 23.8 Å². The lowest BCUT2D eigenvalue weighted by atomic mass is 9.92. The van der Waals surface area contributed by atoms with Crippen LogP contribution in [0.25, 0.3) is 0 Å². The van der Waals surface area contributed by atoms with Gasteiger partial charge in [0.2, 0.25) is 0 Å². The van der Waals surface area contributed by atoms with E-state index >= 15 is 0 Å². The Bertz CT molecular complexity index is 482. The number of guanidine groups is 1. The van der Waals surface area contributed by atoms with E-state index in [9.17, 15) is 0 Å². The Hall–Kier alpha value is -1.11. The van der Waals surface area contributed by atoms with Crippen molar-refractivity contribution in [2.75, 3.05) is 46.4 Å². The van der Waals surface area contributed by atoms with E-state index in [0.717, 1.165) is 51.8 Å². The number of aliphatic imine (C=N–C) groups is 1. The molecule has 0 spiro atoms. The quantitative estimate of drug-likeness (QED) is 0.521. The fourth-order valence-electron chi connectivity index (χ4n) is 3.52. The number of morpholine rings is 1. The Morgan fingerprint density at radius 1 is 1.28 bits per heavy atom. The number of thiophene rings is 1. The van der Waals surface area contributed by atoms with Crippen LogP contribution < -0.4 is 10.6 Å². The van der Waals surface area contributed by atoms with E-state index in [-0.39, 0.29) is 0 Å². The number of ether oxygens (including phenoxy) is 1. The van der Waals surface area contributed by atoms with Crippen molar-refractivity contribution in [2.24, 2.45) is 10.9 Å². The fraction of sp³-hybridized carbons (Fsp3) is 0.737. The number of nitrogens with one attached hydrogen (secondary N) is 2. The zero-order chi connectivity index (χ0) is 17.9. The largest absolute Gasteiger partial charge is 0.379 e. The maximum atomic E-state index is 5.53. The van der Waals surface area contributed by atoms with Crippen LogP contribution in [0.3, 0.4) is 0 Å². The highest BCUT2D eigenvalue weighted by atomic mass is 32.1. The van der Waals surface area contributed by atoms with Gasteiger partial charge in [-0.25, -0.2) is 0 Å². The second-order valence-corrected chi connectivity index (χ2v) is 7.53. The van der Waals surface area contributed by atoms with E-state index in [0.29, 0.717) is 12.0 Å². The summed E-state index contributed by atoms with van der Waals surface area (Å²) in [5.41, 5.74) is 0. The van der Waals surface area contributed by atoms with Gasteiger partial charge < -0.3 is 15.4 Å². The average molecular weight is 367 g/mol. The Balaban J connectivity index is 1.83. The topological polar surface area (TPSA) is 48.9 Å². The molecule has 0 aliphatic carbocycles. The van der Waals surface area contributed by atoms with Crippen molar-refractivity contribution in [3.8, 4) is 0 Å². The molecular formula is C19H34N4OS. The summed E-state index contributed by atoms with van der Waals surface area (Å²) in [4.78, 5) is 8.39. The first-order valence-corrected chi connectivity index (χ1v) is 10.4. The second kappa shape index (κ2) is 11.5. The number of rotatable bonds is 9. The molecule has 1 fully saturated rings. The van der Waals surface area contributed by atoms with Crippen LogP contribution in [0.15, 0.2) is 22.5 Å². The van der Waals surface area contributed by atoms with Crippen LogP contribution in [0.4, 0.5) is 0 Å². The molecule has 2 heterocycles. The van der Waals surface area contributed by atoms with E-state index in [2.05, 4.69) is 51.9 Å². The Morgan fingerprint density at radius 2 is 2.04 bits per heavy atom. The summed E-state index contributed by atoms with van der Waals surface area (Å²) >= 11 is 1.81. The SMILES string of the molecule is CCC(CC)C(CNC(=NC)NCCc1cccs1)N1CCOCC1. The van der Waals surface area contributed by atoms with Gasteiger partial charge in [0, 0.05) is 44.1 Å². The molecule has 0 amide bonds. The Kier molecular flexibility index (Phi) is 9.29. The summed E-state index contributed by atoms with van der Waals surface area (Å²) < 4.78 is 5.53. The van der Waals surface area contributed by atoms with E-state index < -0.39 is 0 Å². The van der Waals surface area contributed by atoms with Gasteiger partial charge in [0.05, 0.1) is 13.2 Å². The molecule has 1 unspecified atom stereocenters. The number of hydrogen-bond donors (Lipinski definition) is 2. The lowest BCUT2D eigenvalue weighted by molar-refractivity contribution is 0.00272. The summed E-state index contributed by atoms with van der Waals surface area (Å²) in [6.07, 6.45) is 3.47. The molecule has 1 aromatic rings. The van der Waals surface area contributed by atoms with E-state index in [1.54, 1.807) is 0 Å². The second-order valence-electron chi connectivity index (χ2n) is 6.50. The smallest absolute Gasteiger partial charge is 0.191 e. The first kappa shape index (κ1) is 20.2. The minimum Gasteiger partial charge on any atom is -0.379 e. The van der Waals surface area contributed by atoms with Crippen LogP contribution in [-0.4, -0.2) is 63.3 Å². The molecule has 0 saturated carbocycles. The van der Waals surface area contributed by atoms with E-state index in [1.807, 2.05) is 18.4 Å². The van der Waals surface area contributed by atoms with Gasteiger partial charge in [0.1, 0.15) is 0 Å². The third kappa shape index (κ3) is 6.60. The molecule has 1 aromatic heterocycles. The molecule has 5 nitrogen and oxygen atoms in total. The van der Waals surface area contributed by atoms with Crippen LogP contribution in [0.5, 0.6) is 0 Å². The van der Waals surface area contributed by atoms with Gasteiger partial charge in [-0.1, -0.05) is 32.8 Å². The summed E-state index contributed by atoms with van der Waals surface area (Å²) in [7, 11) is 1.85. The van der Waals surface area contributed by atoms with Crippen LogP contribution in [0.1, 0.15) is 31.6 Å². The van der Waals surface area contributed by atoms with Gasteiger partial charge in [-0.15, -0.1) is 11.3 Å². The van der Waals surface area contributed by atoms with E-state index in [4.69, 9.17) is 4.74 Å². The lowest BCUT2D eigenvalue weighted by Gasteiger charge is -2.39. The van der Waals surface area contributed by atoms with E-state index in [1.165, 1.54) is 17.7 Å². The maximum Gasteiger partial charge on any atom is 0.191 e. The maximum absolute atomic E-state index is 5.53. The molecule has 142 valence electrons. The normalized spacial score (nSPS) is 17.7. The van der Waals surface area contributed by atoms with Crippen molar-refractivity contribution in [2.45, 2.75) is 39.2 Å². The molecule has 6 heteroatoms. The van der Waals surface area contributed by atoms with Crippen molar-refractivity contribution in [1.29, 1.82) is 0 Å². The van der Waals surface area contributed by atoms with Crippen LogP contribution >= 0.6 is 11.3 Å². The lowest BCUT2D eigenvalue weighted by Crippen LogP contribution is -2.53. The molecule has 1 saturated heterocycles. The third-order valence-electron chi connectivity index (χ3n) is 5.05. The molecule has 2 N–H and O–H groups in total. The average Bonchev–Trinajstić information content (AvgIpc) is 3.17. The van der Waals surface area contributed by atoms with Crippen molar-refractivity contribution < 1.29 is 4.74 Å². The summed E-state index contributed by atoms with van der Waals surface area (Å²) in [6, 6.07) is 4.83. The monoisotopic (exact) mass is 366 g/mol. The van der Waals surface area contributed by atoms with Crippen molar-refractivity contribution in [3.63, 3.8) is 0 Å². The standard InChI is InChI=1S/C19H34N4OS/c1-4-16(5-2)18(23-10-12-24-13-11-23)15-22-19(20-3)21-9-8-17-7-6-14-25-17/h6-7,14,16,18H,4-5,8-13,15H2,1-3H3,(H2,20,21,22). The highest BCUT2D eigenvalue weighted by Gasteiger charge is 2.26. The van der Waals surface area contributed by atoms with Gasteiger partial charge >= 0.3 is 0 Å². The molecule has 1 atom stereocenters. The van der Waals surface area contributed by atoms with Gasteiger partial charge in [0.25, 0.3) is 0 Å². The molecule has 2 rings (SSSR count). The number of hydrogen-bond acceptors (Lipinski definition) is 4. The highest BCUT2D eigenvalue weighted by molar-refractivity contribution is 7.09. The molecule has 0 bridgehead atoms. The number of nitrogens with zero attached hydrogens (tertiary/aromatic N) is 2. The van der Waals surface area contributed by atoms with Gasteiger partial charge in [-0.3, -0.25) is 9.89 Å². The zero-order valence-electron chi connectivity index (χ0n) is 16.0. The molecule has 25 heavy (non-hydrogen) atoms. The molecule has 0 radical (unpaired) electrons. The zero-order valence-corrected chi connectivity index (χ0v) is 16.8. The minimum atomic E-state index is 0.537. The predicted molar refractivity (Wildman–Crippen MR) is 108 cm³/mol. The van der Waals surface area contributed by atoms with Crippen LogP contribution in [0.2, 0.25) is 0 Å². The van der Waals surface area contributed by atoms with Crippen LogP contribution in [0, 0.1) is 5.92 Å². The van der Waals surface area contributed by atoms with Crippen molar-refractivity contribution in [3.05, 3.63) is 22.4 Å². The Labute approximate surface area is 156 Å². The molecule has 0 aromatic carbocycles. The summed E-state index contributed by atoms with van der Waals surface area (Å²) in [5.74, 6) is 1.61. The summed E-state index contributed by atoms with van der Waals surface area (Å²) in [6.45, 7) is 10.2. The Morgan fingerprint density at radius 3 is 2.64 bits per heavy atom. The predicted octanol–water partition coefficient (Wildman–Crippen LogP) is 2.59. The summed E-state index contributed by atoms with van der Waals surface area (Å²) in [5, 5.41) is 9.13. The minimum absolute atomic E-state index is 0.537. The molecular weight excluding hydrogens is 332 g/mol. The first-order valence-electron chi connectivity index (χ1n) is 9.57. The third-order valence-corrected chi connectivity index (χ3v) is 5.99. The van der Waals surface area contributed by atoms with Gasteiger partial charge in [0.15, 0.2) is 5.96 Å². The molecule has 1 aliphatic rings. The van der Waals surface area contributed by atoms with Crippen molar-refractivity contribution >= 4 is 17.3 Å². The molecule has 1 aliphatic heterocycles. The van der Waals surface area contributed by atoms with Gasteiger partial charge in [-0.2, -0.15) is 0 Å². The fourth-order valence-corrected chi connectivity index (χ4v) is 4.23. The highest BCUT2D eigenvalue weighted by Crippen LogP contribution is 2.19.